The van der Waals surface area contributed by atoms with Crippen molar-refractivity contribution in [3.8, 4) is 0 Å². The van der Waals surface area contributed by atoms with Crippen molar-refractivity contribution in [3.05, 3.63) is 17.7 Å². The van der Waals surface area contributed by atoms with Crippen molar-refractivity contribution in [1.29, 1.82) is 0 Å². The van der Waals surface area contributed by atoms with Gasteiger partial charge in [0.1, 0.15) is 5.82 Å². The quantitative estimate of drug-likeness (QED) is 0.901. The first-order valence-electron chi connectivity index (χ1n) is 9.76. The van der Waals surface area contributed by atoms with Crippen LogP contribution in [-0.2, 0) is 11.3 Å². The van der Waals surface area contributed by atoms with E-state index in [4.69, 9.17) is 0 Å². The van der Waals surface area contributed by atoms with Crippen LogP contribution in [0.2, 0.25) is 0 Å². The van der Waals surface area contributed by atoms with Crippen LogP contribution in [0.25, 0.3) is 0 Å². The van der Waals surface area contributed by atoms with Crippen molar-refractivity contribution in [2.75, 3.05) is 39.8 Å². The zero-order chi connectivity index (χ0) is 17.4. The van der Waals surface area contributed by atoms with Gasteiger partial charge in [0.05, 0.1) is 6.54 Å². The topological polar surface area (TPSA) is 55.5 Å². The predicted octanol–water partition coefficient (Wildman–Crippen LogP) is 1.63. The van der Waals surface area contributed by atoms with E-state index in [0.29, 0.717) is 12.3 Å². The van der Waals surface area contributed by atoms with E-state index in [-0.39, 0.29) is 5.54 Å². The van der Waals surface area contributed by atoms with Gasteiger partial charge in [0.15, 0.2) is 0 Å². The molecule has 138 valence electrons. The predicted molar refractivity (Wildman–Crippen MR) is 97.1 cm³/mol. The maximum Gasteiger partial charge on any atom is 0.222 e. The summed E-state index contributed by atoms with van der Waals surface area (Å²) >= 11 is 0. The highest BCUT2D eigenvalue weighted by Crippen LogP contribution is 2.35. The van der Waals surface area contributed by atoms with Gasteiger partial charge in [-0.15, -0.1) is 0 Å². The summed E-state index contributed by atoms with van der Waals surface area (Å²) in [6.07, 6.45) is 7.30. The van der Waals surface area contributed by atoms with Crippen molar-refractivity contribution in [2.24, 2.45) is 5.92 Å². The number of nitrogens with one attached hydrogen (secondary N) is 1. The van der Waals surface area contributed by atoms with Crippen LogP contribution in [0, 0.1) is 12.8 Å². The van der Waals surface area contributed by atoms with E-state index in [2.05, 4.69) is 31.7 Å². The van der Waals surface area contributed by atoms with E-state index >= 15 is 0 Å². The molecule has 25 heavy (non-hydrogen) atoms. The highest BCUT2D eigenvalue weighted by molar-refractivity contribution is 5.76. The zero-order valence-corrected chi connectivity index (χ0v) is 15.6. The van der Waals surface area contributed by atoms with E-state index in [0.717, 1.165) is 69.5 Å². The van der Waals surface area contributed by atoms with Crippen molar-refractivity contribution < 1.29 is 4.79 Å². The third-order valence-corrected chi connectivity index (χ3v) is 6.39. The Kier molecular flexibility index (Phi) is 4.58. The number of carbonyl (C=O) groups excluding carboxylic acids is 1. The van der Waals surface area contributed by atoms with Crippen LogP contribution >= 0.6 is 0 Å². The molecule has 3 fully saturated rings. The molecule has 0 bridgehead atoms. The molecular formula is C19H31N5O. The molecule has 4 rings (SSSR count). The SMILES string of the molecule is Cc1cnc(CN2CCN(C)[C@@]3(CCC(=O)N(CC4CC4)CC3)C2)[nH]1. The van der Waals surface area contributed by atoms with Gasteiger partial charge in [0.2, 0.25) is 5.91 Å². The summed E-state index contributed by atoms with van der Waals surface area (Å²) in [7, 11) is 2.25. The second-order valence-electron chi connectivity index (χ2n) is 8.40. The fourth-order valence-electron chi connectivity index (χ4n) is 4.47. The van der Waals surface area contributed by atoms with Gasteiger partial charge in [0, 0.05) is 56.6 Å². The number of hydrogen-bond acceptors (Lipinski definition) is 4. The molecule has 2 saturated heterocycles. The third-order valence-electron chi connectivity index (χ3n) is 6.39. The fraction of sp³-hybridized carbons (Fsp3) is 0.789. The number of imidazole rings is 1. The van der Waals surface area contributed by atoms with Crippen LogP contribution in [-0.4, -0.2) is 75.9 Å². The molecule has 2 aliphatic heterocycles. The lowest BCUT2D eigenvalue weighted by molar-refractivity contribution is -0.131. The number of aromatic nitrogens is 2. The minimum Gasteiger partial charge on any atom is -0.345 e. The summed E-state index contributed by atoms with van der Waals surface area (Å²) in [5, 5.41) is 0. The highest BCUT2D eigenvalue weighted by atomic mass is 16.2. The minimum atomic E-state index is 0.133. The van der Waals surface area contributed by atoms with Crippen molar-refractivity contribution in [1.82, 2.24) is 24.7 Å². The maximum atomic E-state index is 12.6. The lowest BCUT2D eigenvalue weighted by Gasteiger charge is -2.49. The first-order valence-corrected chi connectivity index (χ1v) is 9.76. The van der Waals surface area contributed by atoms with E-state index in [9.17, 15) is 4.79 Å². The number of carbonyl (C=O) groups is 1. The summed E-state index contributed by atoms with van der Waals surface area (Å²) in [6.45, 7) is 8.01. The average molecular weight is 345 g/mol. The Labute approximate surface area is 150 Å². The van der Waals surface area contributed by atoms with Crippen molar-refractivity contribution in [3.63, 3.8) is 0 Å². The summed E-state index contributed by atoms with van der Waals surface area (Å²) < 4.78 is 0. The molecular weight excluding hydrogens is 314 g/mol. The van der Waals surface area contributed by atoms with Crippen LogP contribution in [0.4, 0.5) is 0 Å². The number of likely N-dealkylation sites (tertiary alicyclic amines) is 1. The van der Waals surface area contributed by atoms with Gasteiger partial charge in [-0.25, -0.2) is 4.98 Å². The van der Waals surface area contributed by atoms with Crippen LogP contribution in [0.1, 0.15) is 43.6 Å². The second-order valence-corrected chi connectivity index (χ2v) is 8.40. The van der Waals surface area contributed by atoms with Crippen molar-refractivity contribution in [2.45, 2.75) is 51.1 Å². The molecule has 1 saturated carbocycles. The fourth-order valence-corrected chi connectivity index (χ4v) is 4.47. The molecule has 0 aromatic carbocycles. The molecule has 3 heterocycles. The second kappa shape index (κ2) is 6.72. The van der Waals surface area contributed by atoms with Gasteiger partial charge >= 0.3 is 0 Å². The first-order chi connectivity index (χ1) is 12.0. The summed E-state index contributed by atoms with van der Waals surface area (Å²) in [5.74, 6) is 2.20. The monoisotopic (exact) mass is 345 g/mol. The largest absolute Gasteiger partial charge is 0.345 e. The van der Waals surface area contributed by atoms with E-state index in [1.807, 2.05) is 13.1 Å². The number of H-pyrrole nitrogens is 1. The Morgan fingerprint density at radius 1 is 1.28 bits per heavy atom. The van der Waals surface area contributed by atoms with Crippen LogP contribution in [0.3, 0.4) is 0 Å². The van der Waals surface area contributed by atoms with Crippen LogP contribution in [0.5, 0.6) is 0 Å². The molecule has 1 aromatic rings. The summed E-state index contributed by atoms with van der Waals surface area (Å²) in [5.41, 5.74) is 1.25. The number of aryl methyl sites for hydroxylation is 1. The number of nitrogens with zero attached hydrogens (tertiary/aromatic N) is 4. The standard InChI is InChI=1S/C19H31N5O/c1-15-11-20-17(21-15)13-23-10-9-22(2)19(14-23)6-5-18(25)24(8-7-19)12-16-3-4-16/h11,16H,3-10,12-14H2,1-2H3,(H,20,21)/t19-/m1/s1. The Balaban J connectivity index is 1.43. The Morgan fingerprint density at radius 3 is 2.84 bits per heavy atom. The van der Waals surface area contributed by atoms with Gasteiger partial charge < -0.3 is 9.88 Å². The average Bonchev–Trinajstić information content (AvgIpc) is 3.34. The molecule has 3 aliphatic rings. The molecule has 0 radical (unpaired) electrons. The van der Waals surface area contributed by atoms with Gasteiger partial charge in [-0.05, 0) is 45.6 Å². The van der Waals surface area contributed by atoms with Gasteiger partial charge in [-0.3, -0.25) is 14.6 Å². The molecule has 1 aliphatic carbocycles. The zero-order valence-electron chi connectivity index (χ0n) is 15.6. The van der Waals surface area contributed by atoms with Gasteiger partial charge in [-0.2, -0.15) is 0 Å². The number of likely N-dealkylation sites (N-methyl/N-ethyl adjacent to an activating group) is 1. The smallest absolute Gasteiger partial charge is 0.222 e. The van der Waals surface area contributed by atoms with Crippen LogP contribution in [0.15, 0.2) is 6.20 Å². The number of hydrogen-bond donors (Lipinski definition) is 1. The van der Waals surface area contributed by atoms with E-state index in [1.54, 1.807) is 0 Å². The Morgan fingerprint density at radius 2 is 2.12 bits per heavy atom. The van der Waals surface area contributed by atoms with E-state index < -0.39 is 0 Å². The molecule has 1 spiro atoms. The number of piperazine rings is 1. The molecule has 0 unspecified atom stereocenters. The first kappa shape index (κ1) is 17.0. The maximum absolute atomic E-state index is 12.6. The number of aromatic amines is 1. The number of rotatable bonds is 4. The molecule has 1 amide bonds. The summed E-state index contributed by atoms with van der Waals surface area (Å²) in [6, 6.07) is 0. The molecule has 1 aromatic heterocycles. The Hall–Kier alpha value is -1.40. The molecule has 6 nitrogen and oxygen atoms in total. The summed E-state index contributed by atoms with van der Waals surface area (Å²) in [4.78, 5) is 27.6. The Bertz CT molecular complexity index is 625. The van der Waals surface area contributed by atoms with Gasteiger partial charge in [0.25, 0.3) is 0 Å². The lowest BCUT2D eigenvalue weighted by Crippen LogP contribution is -2.60. The normalized spacial score (nSPS) is 29.4. The van der Waals surface area contributed by atoms with Crippen LogP contribution < -0.4 is 0 Å². The minimum absolute atomic E-state index is 0.133. The van der Waals surface area contributed by atoms with Crippen molar-refractivity contribution >= 4 is 5.91 Å². The molecule has 1 atom stereocenters. The van der Waals surface area contributed by atoms with E-state index in [1.165, 1.54) is 12.8 Å². The lowest BCUT2D eigenvalue weighted by atomic mass is 9.86. The highest BCUT2D eigenvalue weighted by Gasteiger charge is 2.42. The molecule has 6 heteroatoms. The third kappa shape index (κ3) is 3.75. The number of amides is 1. The van der Waals surface area contributed by atoms with Gasteiger partial charge in [-0.1, -0.05) is 0 Å². The molecule has 1 N–H and O–H groups in total.